The van der Waals surface area contributed by atoms with Crippen LogP contribution in [0, 0.1) is 13.8 Å². The van der Waals surface area contributed by atoms with E-state index >= 15 is 0 Å². The highest BCUT2D eigenvalue weighted by Crippen LogP contribution is 2.37. The third-order valence-electron chi connectivity index (χ3n) is 4.00. The molecule has 1 heterocycles. The van der Waals surface area contributed by atoms with Crippen molar-refractivity contribution in [1.29, 1.82) is 0 Å². The molecule has 1 N–H and O–H groups in total. The second kappa shape index (κ2) is 5.41. The van der Waals surface area contributed by atoms with Gasteiger partial charge in [0.1, 0.15) is 16.9 Å². The van der Waals surface area contributed by atoms with Crippen molar-refractivity contribution in [3.63, 3.8) is 0 Å². The molecule has 3 nitrogen and oxygen atoms in total. The molecule has 3 aromatic rings. The molecule has 110 valence electrons. The van der Waals surface area contributed by atoms with Crippen molar-refractivity contribution in [1.82, 2.24) is 0 Å². The van der Waals surface area contributed by atoms with Gasteiger partial charge in [-0.1, -0.05) is 19.1 Å². The maximum Gasteiger partial charge on any atom is 0.142 e. The first-order chi connectivity index (χ1) is 10.2. The van der Waals surface area contributed by atoms with Crippen molar-refractivity contribution < 1.29 is 14.3 Å². The summed E-state index contributed by atoms with van der Waals surface area (Å²) in [6.07, 6.45) is 0.983. The fourth-order valence-electron chi connectivity index (χ4n) is 2.74. The summed E-state index contributed by atoms with van der Waals surface area (Å²) < 4.78 is 11.9. The van der Waals surface area contributed by atoms with Crippen molar-refractivity contribution in [2.45, 2.75) is 33.8 Å². The zero-order chi connectivity index (χ0) is 15.0. The first kappa shape index (κ1) is 14.0. The molecule has 0 saturated carbocycles. The second-order valence-electron chi connectivity index (χ2n) is 5.40. The number of ether oxygens (including phenoxy) is 1. The third-order valence-corrected chi connectivity index (χ3v) is 4.00. The molecule has 0 bridgehead atoms. The van der Waals surface area contributed by atoms with Crippen molar-refractivity contribution >= 4 is 21.9 Å². The minimum atomic E-state index is 0.0304. The second-order valence-corrected chi connectivity index (χ2v) is 5.40. The van der Waals surface area contributed by atoms with Crippen molar-refractivity contribution in [2.75, 3.05) is 6.61 Å². The lowest BCUT2D eigenvalue weighted by Crippen LogP contribution is -1.96. The number of hydrogen-bond donors (Lipinski definition) is 1. The van der Waals surface area contributed by atoms with Gasteiger partial charge in [-0.3, -0.25) is 0 Å². The van der Waals surface area contributed by atoms with Gasteiger partial charge in [0.25, 0.3) is 0 Å². The predicted octanol–water partition coefficient (Wildman–Crippen LogP) is 4.48. The molecule has 0 fully saturated rings. The first-order valence-electron chi connectivity index (χ1n) is 7.35. The summed E-state index contributed by atoms with van der Waals surface area (Å²) in [6.45, 7) is 6.84. The molecule has 0 aliphatic carbocycles. The minimum absolute atomic E-state index is 0.0304. The van der Waals surface area contributed by atoms with Gasteiger partial charge in [-0.25, -0.2) is 0 Å². The topological polar surface area (TPSA) is 42.6 Å². The number of aryl methyl sites for hydroxylation is 2. The van der Waals surface area contributed by atoms with Crippen LogP contribution in [-0.4, -0.2) is 11.7 Å². The zero-order valence-corrected chi connectivity index (χ0v) is 12.7. The molecule has 0 unspecified atom stereocenters. The number of benzene rings is 2. The molecule has 0 aliphatic rings. The van der Waals surface area contributed by atoms with Crippen molar-refractivity contribution in [3.05, 3.63) is 41.0 Å². The van der Waals surface area contributed by atoms with E-state index in [2.05, 4.69) is 13.0 Å². The molecular formula is C18H20O3. The number of furan rings is 1. The van der Waals surface area contributed by atoms with Crippen LogP contribution in [0.2, 0.25) is 0 Å². The lowest BCUT2D eigenvalue weighted by atomic mass is 10.0. The van der Waals surface area contributed by atoms with Crippen molar-refractivity contribution in [2.24, 2.45) is 0 Å². The monoisotopic (exact) mass is 284 g/mol. The van der Waals surface area contributed by atoms with E-state index in [1.54, 1.807) is 0 Å². The molecule has 3 rings (SSSR count). The molecule has 3 heteroatoms. The number of aliphatic hydroxyl groups excluding tert-OH is 1. The molecule has 1 aromatic heterocycles. The van der Waals surface area contributed by atoms with Gasteiger partial charge in [-0.2, -0.15) is 0 Å². The summed E-state index contributed by atoms with van der Waals surface area (Å²) in [6, 6.07) is 8.05. The van der Waals surface area contributed by atoms with Crippen LogP contribution in [0.1, 0.15) is 30.0 Å². The fraction of sp³-hybridized carbons (Fsp3) is 0.333. The Kier molecular flexibility index (Phi) is 3.60. The van der Waals surface area contributed by atoms with E-state index in [0.717, 1.165) is 50.8 Å². The Labute approximate surface area is 124 Å². The van der Waals surface area contributed by atoms with Crippen LogP contribution in [0.3, 0.4) is 0 Å². The molecule has 0 amide bonds. The fourth-order valence-corrected chi connectivity index (χ4v) is 2.74. The molecule has 0 saturated heterocycles. The summed E-state index contributed by atoms with van der Waals surface area (Å²) in [5, 5.41) is 11.6. The standard InChI is InChI=1S/C18H20O3/c1-4-9-20-16-8-7-15-14-6-5-13(10-19)11(2)17(14)21-18(15)12(16)3/h5-8,19H,4,9-10H2,1-3H3. The van der Waals surface area contributed by atoms with E-state index in [9.17, 15) is 5.11 Å². The molecular weight excluding hydrogens is 264 g/mol. The summed E-state index contributed by atoms with van der Waals surface area (Å²) >= 11 is 0. The summed E-state index contributed by atoms with van der Waals surface area (Å²) in [5.74, 6) is 0.878. The van der Waals surface area contributed by atoms with E-state index in [4.69, 9.17) is 9.15 Å². The molecule has 0 spiro atoms. The van der Waals surface area contributed by atoms with E-state index in [1.165, 1.54) is 0 Å². The lowest BCUT2D eigenvalue weighted by Gasteiger charge is -2.07. The van der Waals surface area contributed by atoms with Crippen LogP contribution in [0.15, 0.2) is 28.7 Å². The first-order valence-corrected chi connectivity index (χ1v) is 7.35. The highest BCUT2D eigenvalue weighted by Gasteiger charge is 2.15. The molecule has 0 aliphatic heterocycles. The van der Waals surface area contributed by atoms with Crippen LogP contribution in [0.4, 0.5) is 0 Å². The molecule has 0 atom stereocenters. The van der Waals surface area contributed by atoms with Gasteiger partial charge in [0.2, 0.25) is 0 Å². The SMILES string of the molecule is CCCOc1ccc2c(oc3c(C)c(CO)ccc32)c1C. The van der Waals surface area contributed by atoms with Gasteiger partial charge >= 0.3 is 0 Å². The van der Waals surface area contributed by atoms with Gasteiger partial charge < -0.3 is 14.3 Å². The largest absolute Gasteiger partial charge is 0.493 e. The van der Waals surface area contributed by atoms with Gasteiger partial charge in [0.05, 0.1) is 13.2 Å². The van der Waals surface area contributed by atoms with Crippen LogP contribution >= 0.6 is 0 Å². The number of rotatable bonds is 4. The van der Waals surface area contributed by atoms with Crippen LogP contribution in [0.5, 0.6) is 5.75 Å². The Morgan fingerprint density at radius 2 is 1.67 bits per heavy atom. The Morgan fingerprint density at radius 1 is 1.00 bits per heavy atom. The Balaban J connectivity index is 2.25. The van der Waals surface area contributed by atoms with E-state index < -0.39 is 0 Å². The quantitative estimate of drug-likeness (QED) is 0.768. The number of hydrogen-bond acceptors (Lipinski definition) is 3. The molecule has 2 aromatic carbocycles. The van der Waals surface area contributed by atoms with Gasteiger partial charge in [-0.05, 0) is 43.5 Å². The Morgan fingerprint density at radius 3 is 2.33 bits per heavy atom. The number of aliphatic hydroxyl groups is 1. The van der Waals surface area contributed by atoms with E-state index in [1.807, 2.05) is 32.0 Å². The maximum absolute atomic E-state index is 9.39. The van der Waals surface area contributed by atoms with Crippen molar-refractivity contribution in [3.8, 4) is 5.75 Å². The zero-order valence-electron chi connectivity index (χ0n) is 12.7. The van der Waals surface area contributed by atoms with Gasteiger partial charge in [0.15, 0.2) is 0 Å². The normalized spacial score (nSPS) is 11.4. The summed E-state index contributed by atoms with van der Waals surface area (Å²) in [5.41, 5.74) is 4.66. The van der Waals surface area contributed by atoms with Gasteiger partial charge in [0, 0.05) is 16.3 Å². The Hall–Kier alpha value is -2.00. The molecule has 0 radical (unpaired) electrons. The summed E-state index contributed by atoms with van der Waals surface area (Å²) in [4.78, 5) is 0. The van der Waals surface area contributed by atoms with E-state index in [0.29, 0.717) is 6.61 Å². The minimum Gasteiger partial charge on any atom is -0.493 e. The highest BCUT2D eigenvalue weighted by atomic mass is 16.5. The average molecular weight is 284 g/mol. The van der Waals surface area contributed by atoms with Crippen LogP contribution < -0.4 is 4.74 Å². The highest BCUT2D eigenvalue weighted by molar-refractivity contribution is 6.07. The number of fused-ring (bicyclic) bond motifs is 3. The smallest absolute Gasteiger partial charge is 0.142 e. The van der Waals surface area contributed by atoms with Crippen LogP contribution in [0.25, 0.3) is 21.9 Å². The predicted molar refractivity (Wildman–Crippen MR) is 84.9 cm³/mol. The summed E-state index contributed by atoms with van der Waals surface area (Å²) in [7, 11) is 0. The lowest BCUT2D eigenvalue weighted by molar-refractivity contribution is 0.281. The molecule has 21 heavy (non-hydrogen) atoms. The average Bonchev–Trinajstić information content (AvgIpc) is 2.88. The Bertz CT molecular complexity index is 799. The van der Waals surface area contributed by atoms with Gasteiger partial charge in [-0.15, -0.1) is 0 Å². The van der Waals surface area contributed by atoms with E-state index in [-0.39, 0.29) is 6.61 Å². The maximum atomic E-state index is 9.39. The van der Waals surface area contributed by atoms with Crippen LogP contribution in [-0.2, 0) is 6.61 Å². The third kappa shape index (κ3) is 2.18.